The molecule has 2 saturated heterocycles. The summed E-state index contributed by atoms with van der Waals surface area (Å²) < 4.78 is 16.4. The number of amides is 1. The first-order valence-electron chi connectivity index (χ1n) is 9.27. The summed E-state index contributed by atoms with van der Waals surface area (Å²) in [6.45, 7) is 6.91. The maximum atomic E-state index is 12.9. The minimum absolute atomic E-state index is 0.0448. The zero-order chi connectivity index (χ0) is 18.4. The van der Waals surface area contributed by atoms with Gasteiger partial charge >= 0.3 is 0 Å². The molecule has 1 unspecified atom stereocenters. The molecule has 7 nitrogen and oxygen atoms in total. The Hall–Kier alpha value is -1.83. The second kappa shape index (κ2) is 9.21. The van der Waals surface area contributed by atoms with E-state index in [1.807, 2.05) is 4.90 Å². The number of methoxy groups -OCH3 is 2. The Labute approximate surface area is 155 Å². The Bertz CT molecular complexity index is 604. The van der Waals surface area contributed by atoms with Crippen LogP contribution in [0.2, 0.25) is 0 Å². The van der Waals surface area contributed by atoms with E-state index in [9.17, 15) is 4.79 Å². The number of carbonyl (C=O) groups excluding carboxylic acids is 1. The number of carbonyl (C=O) groups is 1. The van der Waals surface area contributed by atoms with Crippen LogP contribution in [0.1, 0.15) is 16.8 Å². The van der Waals surface area contributed by atoms with Crippen LogP contribution in [0.5, 0.6) is 11.5 Å². The lowest BCUT2D eigenvalue weighted by atomic mass is 10.1. The molecule has 0 radical (unpaired) electrons. The minimum Gasteiger partial charge on any atom is -0.493 e. The number of nitrogens with zero attached hydrogens (tertiary/aromatic N) is 2. The van der Waals surface area contributed by atoms with Crippen molar-refractivity contribution in [1.82, 2.24) is 15.1 Å². The number of rotatable bonds is 5. The average Bonchev–Trinajstić information content (AvgIpc) is 2.93. The van der Waals surface area contributed by atoms with Gasteiger partial charge < -0.3 is 24.4 Å². The number of benzene rings is 1. The Kier molecular flexibility index (Phi) is 6.71. The standard InChI is InChI=1S/C19H29N3O4/c1-24-17-5-4-15(12-18(17)25-2)19(23)22-8-3-7-21(9-10-22)14-16-13-20-6-11-26-16/h4-5,12,16,20H,3,6-11,13-14H2,1-2H3. The first kappa shape index (κ1) is 18.9. The van der Waals surface area contributed by atoms with Crippen molar-refractivity contribution < 1.29 is 19.0 Å². The Morgan fingerprint density at radius 3 is 2.77 bits per heavy atom. The van der Waals surface area contributed by atoms with Crippen molar-refractivity contribution in [1.29, 1.82) is 0 Å². The molecule has 2 aliphatic rings. The monoisotopic (exact) mass is 363 g/mol. The highest BCUT2D eigenvalue weighted by atomic mass is 16.5. The molecule has 0 bridgehead atoms. The number of morpholine rings is 1. The van der Waals surface area contributed by atoms with Crippen LogP contribution in [0.15, 0.2) is 18.2 Å². The molecule has 3 rings (SSSR count). The van der Waals surface area contributed by atoms with Crippen molar-refractivity contribution in [2.45, 2.75) is 12.5 Å². The van der Waals surface area contributed by atoms with Gasteiger partial charge in [-0.15, -0.1) is 0 Å². The van der Waals surface area contributed by atoms with Crippen LogP contribution < -0.4 is 14.8 Å². The highest BCUT2D eigenvalue weighted by Crippen LogP contribution is 2.28. The summed E-state index contributed by atoms with van der Waals surface area (Å²) in [5.74, 6) is 1.26. The van der Waals surface area contributed by atoms with E-state index in [2.05, 4.69) is 10.2 Å². The smallest absolute Gasteiger partial charge is 0.254 e. The van der Waals surface area contributed by atoms with E-state index in [0.29, 0.717) is 17.1 Å². The van der Waals surface area contributed by atoms with Crippen LogP contribution in [-0.2, 0) is 4.74 Å². The second-order valence-corrected chi connectivity index (χ2v) is 6.71. The molecule has 144 valence electrons. The molecule has 1 aromatic carbocycles. The predicted molar refractivity (Wildman–Crippen MR) is 99.1 cm³/mol. The Morgan fingerprint density at radius 1 is 1.19 bits per heavy atom. The number of nitrogens with one attached hydrogen (secondary N) is 1. The zero-order valence-electron chi connectivity index (χ0n) is 15.7. The van der Waals surface area contributed by atoms with Crippen molar-refractivity contribution in [3.05, 3.63) is 23.8 Å². The molecule has 2 aliphatic heterocycles. The van der Waals surface area contributed by atoms with Crippen molar-refractivity contribution in [2.24, 2.45) is 0 Å². The first-order valence-corrected chi connectivity index (χ1v) is 9.27. The van der Waals surface area contributed by atoms with Crippen molar-refractivity contribution in [3.63, 3.8) is 0 Å². The SMILES string of the molecule is COc1ccc(C(=O)N2CCCN(CC3CNCCO3)CC2)cc1OC. The quantitative estimate of drug-likeness (QED) is 0.837. The second-order valence-electron chi connectivity index (χ2n) is 6.71. The summed E-state index contributed by atoms with van der Waals surface area (Å²) in [4.78, 5) is 17.2. The van der Waals surface area contributed by atoms with E-state index in [0.717, 1.165) is 58.8 Å². The summed E-state index contributed by atoms with van der Waals surface area (Å²) in [5, 5.41) is 3.37. The molecule has 1 amide bonds. The fourth-order valence-corrected chi connectivity index (χ4v) is 3.53. The van der Waals surface area contributed by atoms with Crippen molar-refractivity contribution in [2.75, 3.05) is 66.6 Å². The van der Waals surface area contributed by atoms with Crippen LogP contribution in [0, 0.1) is 0 Å². The van der Waals surface area contributed by atoms with E-state index in [4.69, 9.17) is 14.2 Å². The van der Waals surface area contributed by atoms with E-state index < -0.39 is 0 Å². The summed E-state index contributed by atoms with van der Waals surface area (Å²) in [6.07, 6.45) is 1.22. The molecule has 0 aliphatic carbocycles. The third-order valence-electron chi connectivity index (χ3n) is 4.97. The first-order chi connectivity index (χ1) is 12.7. The van der Waals surface area contributed by atoms with E-state index in [1.54, 1.807) is 32.4 Å². The summed E-state index contributed by atoms with van der Waals surface area (Å²) in [7, 11) is 3.17. The molecular formula is C19H29N3O4. The van der Waals surface area contributed by atoms with E-state index in [-0.39, 0.29) is 12.0 Å². The Morgan fingerprint density at radius 2 is 2.04 bits per heavy atom. The van der Waals surface area contributed by atoms with E-state index in [1.165, 1.54) is 0 Å². The lowest BCUT2D eigenvalue weighted by Gasteiger charge is -2.29. The van der Waals surface area contributed by atoms with Gasteiger partial charge in [-0.1, -0.05) is 0 Å². The zero-order valence-corrected chi connectivity index (χ0v) is 15.7. The maximum absolute atomic E-state index is 12.9. The molecule has 26 heavy (non-hydrogen) atoms. The number of hydrogen-bond donors (Lipinski definition) is 1. The highest BCUT2D eigenvalue weighted by molar-refractivity contribution is 5.95. The molecule has 2 heterocycles. The van der Waals surface area contributed by atoms with Gasteiger partial charge in [-0.05, 0) is 31.2 Å². The maximum Gasteiger partial charge on any atom is 0.254 e. The van der Waals surface area contributed by atoms with Crippen molar-refractivity contribution >= 4 is 5.91 Å². The van der Waals surface area contributed by atoms with Crippen LogP contribution in [0.3, 0.4) is 0 Å². The van der Waals surface area contributed by atoms with Crippen LogP contribution in [0.4, 0.5) is 0 Å². The molecular weight excluding hydrogens is 334 g/mol. The molecule has 1 atom stereocenters. The lowest BCUT2D eigenvalue weighted by Crippen LogP contribution is -2.46. The van der Waals surface area contributed by atoms with Gasteiger partial charge in [-0.3, -0.25) is 9.69 Å². The van der Waals surface area contributed by atoms with E-state index >= 15 is 0 Å². The van der Waals surface area contributed by atoms with Gasteiger partial charge in [0.2, 0.25) is 0 Å². The largest absolute Gasteiger partial charge is 0.493 e. The fourth-order valence-electron chi connectivity index (χ4n) is 3.53. The summed E-state index contributed by atoms with van der Waals surface area (Å²) in [6, 6.07) is 5.34. The van der Waals surface area contributed by atoms with Gasteiger partial charge in [0, 0.05) is 44.8 Å². The molecule has 1 aromatic rings. The fraction of sp³-hybridized carbons (Fsp3) is 0.632. The van der Waals surface area contributed by atoms with Gasteiger partial charge in [0.1, 0.15) is 0 Å². The van der Waals surface area contributed by atoms with Gasteiger partial charge in [-0.2, -0.15) is 0 Å². The molecule has 0 saturated carbocycles. The topological polar surface area (TPSA) is 63.3 Å². The third-order valence-corrected chi connectivity index (χ3v) is 4.97. The number of ether oxygens (including phenoxy) is 3. The minimum atomic E-state index is 0.0448. The summed E-state index contributed by atoms with van der Waals surface area (Å²) in [5.41, 5.74) is 0.635. The normalized spacial score (nSPS) is 21.9. The van der Waals surface area contributed by atoms with Crippen LogP contribution in [0.25, 0.3) is 0 Å². The van der Waals surface area contributed by atoms with Gasteiger partial charge in [0.15, 0.2) is 11.5 Å². The number of hydrogen-bond acceptors (Lipinski definition) is 6. The molecule has 0 spiro atoms. The summed E-state index contributed by atoms with van der Waals surface area (Å²) >= 11 is 0. The lowest BCUT2D eigenvalue weighted by molar-refractivity contribution is 0.00630. The predicted octanol–water partition coefficient (Wildman–Crippen LogP) is 0.840. The van der Waals surface area contributed by atoms with Crippen LogP contribution >= 0.6 is 0 Å². The van der Waals surface area contributed by atoms with Gasteiger partial charge in [0.05, 0.1) is 26.9 Å². The van der Waals surface area contributed by atoms with Gasteiger partial charge in [0.25, 0.3) is 5.91 Å². The molecule has 7 heteroatoms. The molecule has 2 fully saturated rings. The van der Waals surface area contributed by atoms with Crippen LogP contribution in [-0.4, -0.2) is 88.5 Å². The van der Waals surface area contributed by atoms with Crippen molar-refractivity contribution in [3.8, 4) is 11.5 Å². The average molecular weight is 363 g/mol. The highest BCUT2D eigenvalue weighted by Gasteiger charge is 2.23. The third kappa shape index (κ3) is 4.66. The Balaban J connectivity index is 1.58. The van der Waals surface area contributed by atoms with Gasteiger partial charge in [-0.25, -0.2) is 0 Å². The molecule has 1 N–H and O–H groups in total. The molecule has 0 aromatic heterocycles.